The molecule has 0 aromatic rings. The van der Waals surface area contributed by atoms with E-state index >= 15 is 0 Å². The fourth-order valence-corrected chi connectivity index (χ4v) is 20.8. The van der Waals surface area contributed by atoms with Crippen molar-refractivity contribution < 1.29 is 103 Å². The van der Waals surface area contributed by atoms with Crippen LogP contribution in [0.1, 0.15) is 665 Å². The number of ether oxygens (including phenoxy) is 6. The van der Waals surface area contributed by atoms with Gasteiger partial charge in [-0.25, -0.2) is 0 Å². The van der Waals surface area contributed by atoms with Gasteiger partial charge in [0.1, 0.15) is 36.6 Å². The van der Waals surface area contributed by atoms with Crippen molar-refractivity contribution in [3.8, 4) is 0 Å². The molecule has 14 atom stereocenters. The van der Waals surface area contributed by atoms with Crippen LogP contribution in [0.25, 0.3) is 0 Å². The molecule has 0 aliphatic heterocycles. The van der Waals surface area contributed by atoms with Gasteiger partial charge >= 0.3 is 35.8 Å². The number of aliphatic hydroxyl groups is 8. The molecule has 22 nitrogen and oxygen atoms in total. The number of carbonyl (C=O) groups excluding carboxylic acids is 7. The Bertz CT molecular complexity index is 2930. The maximum absolute atomic E-state index is 14.3. The third-order valence-electron chi connectivity index (χ3n) is 30.7. The SMILES string of the molecule is CCCCCCCCC(O)C(O)CCCCCCCC(=O)OC(CCCCCCCC)C(CCCCCCCC(=O)OC(CCCCCCC(=O)NCCS)C(CCCCCCCC)OC(=O)CCCCCCCC(OC(=O)CCCCCCCC(O)C(O)CCCCCCCC)C(CCCCCCCC)OC(=O)CCCCCCC(O)C(O)CCCCCCCC)OC(=O)CCCCCCCC(O)C(O)CCCCCCCC. The van der Waals surface area contributed by atoms with Gasteiger partial charge in [0.2, 0.25) is 5.91 Å². The van der Waals surface area contributed by atoms with E-state index in [2.05, 4.69) is 66.4 Å². The Labute approximate surface area is 919 Å². The lowest BCUT2D eigenvalue weighted by molar-refractivity contribution is -0.169. The largest absolute Gasteiger partial charge is 0.458 e. The maximum atomic E-state index is 14.3. The van der Waals surface area contributed by atoms with Crippen LogP contribution < -0.4 is 5.32 Å². The van der Waals surface area contributed by atoms with Crippen molar-refractivity contribution in [1.29, 1.82) is 0 Å². The first-order chi connectivity index (χ1) is 72.5. The molecule has 0 aliphatic rings. The van der Waals surface area contributed by atoms with E-state index in [1.165, 1.54) is 83.5 Å². The summed E-state index contributed by atoms with van der Waals surface area (Å²) in [4.78, 5) is 97.1. The normalized spacial score (nSPS) is 14.6. The second-order valence-electron chi connectivity index (χ2n) is 45.1. The zero-order chi connectivity index (χ0) is 109. The zero-order valence-corrected chi connectivity index (χ0v) is 98.6. The Morgan fingerprint density at radius 1 is 0.168 bits per heavy atom. The molecule has 1 amide bonds. The molecular weight excluding hydrogens is 1900 g/mol. The van der Waals surface area contributed by atoms with Crippen LogP contribution in [-0.2, 0) is 62.0 Å². The number of esters is 6. The minimum absolute atomic E-state index is 0.00271. The van der Waals surface area contributed by atoms with E-state index in [1.54, 1.807) is 0 Å². The highest BCUT2D eigenvalue weighted by atomic mass is 32.1. The number of amides is 1. The smallest absolute Gasteiger partial charge is 0.306 e. The second-order valence-corrected chi connectivity index (χ2v) is 45.6. The first-order valence-corrected chi connectivity index (χ1v) is 64.7. The molecule has 23 heteroatoms. The fraction of sp³-hybridized carbons (Fsp3) is 0.944. The van der Waals surface area contributed by atoms with Crippen molar-refractivity contribution in [3.05, 3.63) is 0 Å². The van der Waals surface area contributed by atoms with Gasteiger partial charge in [-0.15, -0.1) is 0 Å². The van der Waals surface area contributed by atoms with Crippen molar-refractivity contribution in [2.45, 2.75) is 750 Å². The van der Waals surface area contributed by atoms with Crippen LogP contribution in [0.4, 0.5) is 0 Å². The zero-order valence-electron chi connectivity index (χ0n) is 97.7. The summed E-state index contributed by atoms with van der Waals surface area (Å²) in [5, 5.41) is 88.4. The number of aliphatic hydroxyl groups excluding tert-OH is 8. The highest BCUT2D eigenvalue weighted by Crippen LogP contribution is 2.31. The van der Waals surface area contributed by atoms with Crippen molar-refractivity contribution >= 4 is 54.4 Å². The molecule has 0 saturated heterocycles. The lowest BCUT2D eigenvalue weighted by Gasteiger charge is -2.28. The van der Waals surface area contributed by atoms with E-state index in [9.17, 15) is 74.4 Å². The van der Waals surface area contributed by atoms with E-state index in [4.69, 9.17) is 28.4 Å². The van der Waals surface area contributed by atoms with Crippen molar-refractivity contribution in [2.24, 2.45) is 0 Å². The topological polar surface area (TPSA) is 349 Å². The summed E-state index contributed by atoms with van der Waals surface area (Å²) in [5.74, 6) is -1.27. The van der Waals surface area contributed by atoms with E-state index < -0.39 is 85.5 Å². The average molecular weight is 2140 g/mol. The molecule has 0 rings (SSSR count). The predicted octanol–water partition coefficient (Wildman–Crippen LogP) is 32.0. The average Bonchev–Trinajstić information content (AvgIpc) is 0.893. The number of unbranched alkanes of at least 4 members (excludes halogenated alkanes) is 61. The molecule has 0 aromatic carbocycles. The van der Waals surface area contributed by atoms with E-state index in [-0.39, 0.29) is 80.2 Å². The first kappa shape index (κ1) is 145. The monoisotopic (exact) mass is 2140 g/mol. The van der Waals surface area contributed by atoms with Gasteiger partial charge in [0, 0.05) is 57.2 Å². The van der Waals surface area contributed by atoms with Gasteiger partial charge in [0.25, 0.3) is 0 Å². The highest BCUT2D eigenvalue weighted by Gasteiger charge is 2.33. The first-order valence-electron chi connectivity index (χ1n) is 64.0. The minimum atomic E-state index is -0.757. The van der Waals surface area contributed by atoms with Crippen molar-refractivity contribution in [2.75, 3.05) is 12.3 Å². The minimum Gasteiger partial charge on any atom is -0.458 e. The summed E-state index contributed by atoms with van der Waals surface area (Å²) in [7, 11) is 0. The molecule has 149 heavy (non-hydrogen) atoms. The Hall–Kier alpha value is -3.68. The van der Waals surface area contributed by atoms with Gasteiger partial charge in [-0.05, 0) is 173 Å². The Morgan fingerprint density at radius 3 is 0.416 bits per heavy atom. The third kappa shape index (κ3) is 94.0. The lowest BCUT2D eigenvalue weighted by Crippen LogP contribution is -2.35. The van der Waals surface area contributed by atoms with Gasteiger partial charge in [-0.2, -0.15) is 12.6 Å². The number of thiol groups is 1. The number of rotatable bonds is 118. The van der Waals surface area contributed by atoms with Gasteiger partial charge in [0.05, 0.1) is 48.8 Å². The van der Waals surface area contributed by atoms with Crippen LogP contribution in [0.5, 0.6) is 0 Å². The molecule has 0 saturated carbocycles. The molecule has 0 spiro atoms. The quantitative estimate of drug-likeness (QED) is 0.0117. The molecule has 9 N–H and O–H groups in total. The molecule has 0 bridgehead atoms. The Balaban J connectivity index is 6.74. The summed E-state index contributed by atoms with van der Waals surface area (Å²) < 4.78 is 38.7. The van der Waals surface area contributed by atoms with Crippen LogP contribution in [0, 0.1) is 0 Å². The summed E-state index contributed by atoms with van der Waals surface area (Å²) in [6.07, 6.45) is 71.9. The standard InChI is InChI=1S/C126H241NO21S/c1-8-15-22-29-41-62-83-106(128)110(132)87-66-45-36-53-77-98-121(137)143-114(91-70-48-33-26-19-12-5)117(145-122(138)99-78-54-37-46-67-88-111(133)107(129)84-63-42-30-23-16-9-2)94-73-51-40-57-81-102-125(141)148-119(96-75-59-60-76-97-120(136)127-104-105-149)116(93-72-50-35-28-21-14-7)144-124(140)101-80-56-39-52-74-95-118(146-123(139)100-79-55-38-47-68-89-112(134)108(130)85-64-43-31-24-17-10-3)115(92-71-49-34-27-20-13-6)147-126(142)103-82-61-58-69-90-113(135)109(131)86-65-44-32-25-18-11-4/h106-119,128-135,149H,8-105H2,1-7H3,(H,127,136). The molecule has 882 valence electrons. The highest BCUT2D eigenvalue weighted by molar-refractivity contribution is 7.80. The molecule has 0 radical (unpaired) electrons. The fourth-order valence-electron chi connectivity index (χ4n) is 20.7. The number of hydrogen-bond donors (Lipinski definition) is 10. The number of nitrogens with one attached hydrogen (secondary N) is 1. The van der Waals surface area contributed by atoms with Crippen molar-refractivity contribution in [3.63, 3.8) is 0 Å². The van der Waals surface area contributed by atoms with E-state index in [0.717, 1.165) is 360 Å². The van der Waals surface area contributed by atoms with Crippen LogP contribution in [0.2, 0.25) is 0 Å². The molecule has 0 aromatic heterocycles. The van der Waals surface area contributed by atoms with E-state index in [0.29, 0.717) is 147 Å². The third-order valence-corrected chi connectivity index (χ3v) is 31.0. The van der Waals surface area contributed by atoms with E-state index in [1.807, 2.05) is 0 Å². The van der Waals surface area contributed by atoms with Crippen LogP contribution in [-0.4, -0.2) is 180 Å². The van der Waals surface area contributed by atoms with Gasteiger partial charge in [-0.1, -0.05) is 447 Å². The summed E-state index contributed by atoms with van der Waals surface area (Å²) in [6, 6.07) is 0. The second kappa shape index (κ2) is 110. The summed E-state index contributed by atoms with van der Waals surface area (Å²) >= 11 is 4.26. The van der Waals surface area contributed by atoms with Gasteiger partial charge in [-0.3, -0.25) is 33.6 Å². The Kier molecular flexibility index (Phi) is 107. The lowest BCUT2D eigenvalue weighted by atomic mass is 9.98. The molecule has 14 unspecified atom stereocenters. The molecule has 0 aliphatic carbocycles. The molecule has 0 fully saturated rings. The molecular formula is C126H241NO21S. The summed E-state index contributed by atoms with van der Waals surface area (Å²) in [6.45, 7) is 15.9. The van der Waals surface area contributed by atoms with Crippen LogP contribution in [0.15, 0.2) is 0 Å². The number of hydrogen-bond acceptors (Lipinski definition) is 22. The van der Waals surface area contributed by atoms with Crippen LogP contribution in [0.3, 0.4) is 0 Å². The Morgan fingerprint density at radius 2 is 0.282 bits per heavy atom. The molecule has 0 heterocycles. The predicted molar refractivity (Wildman–Crippen MR) is 617 cm³/mol. The summed E-state index contributed by atoms with van der Waals surface area (Å²) in [5.41, 5.74) is 0. The van der Waals surface area contributed by atoms with Crippen LogP contribution >= 0.6 is 12.6 Å². The van der Waals surface area contributed by atoms with Crippen molar-refractivity contribution in [1.82, 2.24) is 5.32 Å². The van der Waals surface area contributed by atoms with Gasteiger partial charge in [0.15, 0.2) is 0 Å². The maximum Gasteiger partial charge on any atom is 0.306 e. The number of carbonyl (C=O) groups is 7. The van der Waals surface area contributed by atoms with Gasteiger partial charge < -0.3 is 74.6 Å².